The second-order valence-corrected chi connectivity index (χ2v) is 5.93. The molecule has 0 fully saturated rings. The molecular weight excluding hydrogens is 232 g/mol. The van der Waals surface area contributed by atoms with E-state index < -0.39 is 15.8 Å². The smallest absolute Gasteiger partial charge is 0.373 e. The highest BCUT2D eigenvalue weighted by Gasteiger charge is 2.21. The molecule has 1 aliphatic heterocycles. The quantitative estimate of drug-likeness (QED) is 0.725. The first-order valence-corrected chi connectivity index (χ1v) is 6.58. The third-order valence-corrected chi connectivity index (χ3v) is 4.13. The normalized spacial score (nSPS) is 18.5. The standard InChI is InChI=1S/C9H10N2O4S/c12-9(13)8-10-5-6-1-3-16(14,15)4-2-7(6)11-8/h5H,1-4H2,(H,12,13). The molecule has 0 aromatic carbocycles. The number of carboxylic acid groups (broad SMARTS) is 1. The molecule has 1 aliphatic rings. The number of hydrogen-bond acceptors (Lipinski definition) is 5. The number of carbonyl (C=O) groups is 1. The molecule has 1 N–H and O–H groups in total. The topological polar surface area (TPSA) is 97.2 Å². The van der Waals surface area contributed by atoms with Crippen molar-refractivity contribution >= 4 is 15.8 Å². The number of aryl methyl sites for hydroxylation is 2. The van der Waals surface area contributed by atoms with Gasteiger partial charge in [0.25, 0.3) is 0 Å². The minimum atomic E-state index is -3.04. The van der Waals surface area contributed by atoms with Crippen molar-refractivity contribution < 1.29 is 18.3 Å². The third kappa shape index (κ3) is 2.19. The summed E-state index contributed by atoms with van der Waals surface area (Å²) in [5.41, 5.74) is 1.26. The fraction of sp³-hybridized carbons (Fsp3) is 0.444. The molecule has 0 aliphatic carbocycles. The van der Waals surface area contributed by atoms with E-state index in [0.717, 1.165) is 5.56 Å². The molecule has 1 aromatic heterocycles. The van der Waals surface area contributed by atoms with E-state index in [2.05, 4.69) is 9.97 Å². The molecule has 0 bridgehead atoms. The predicted molar refractivity (Wildman–Crippen MR) is 55.1 cm³/mol. The molecular formula is C9H10N2O4S. The Morgan fingerprint density at radius 2 is 2.00 bits per heavy atom. The van der Waals surface area contributed by atoms with E-state index >= 15 is 0 Å². The van der Waals surface area contributed by atoms with Crippen LogP contribution in [0.15, 0.2) is 6.20 Å². The van der Waals surface area contributed by atoms with Gasteiger partial charge in [-0.05, 0) is 12.0 Å². The Bertz CT molecular complexity index is 538. The average molecular weight is 242 g/mol. The zero-order valence-corrected chi connectivity index (χ0v) is 9.20. The Hall–Kier alpha value is -1.50. The maximum Gasteiger partial charge on any atom is 0.373 e. The Kier molecular flexibility index (Phi) is 2.63. The van der Waals surface area contributed by atoms with Gasteiger partial charge < -0.3 is 5.11 Å². The van der Waals surface area contributed by atoms with Gasteiger partial charge in [-0.1, -0.05) is 0 Å². The van der Waals surface area contributed by atoms with Crippen molar-refractivity contribution in [3.05, 3.63) is 23.3 Å². The number of hydrogen-bond donors (Lipinski definition) is 1. The summed E-state index contributed by atoms with van der Waals surface area (Å²) in [5, 5.41) is 8.72. The zero-order chi connectivity index (χ0) is 11.8. The van der Waals surface area contributed by atoms with Gasteiger partial charge in [0, 0.05) is 18.3 Å². The van der Waals surface area contributed by atoms with Crippen LogP contribution in [0.3, 0.4) is 0 Å². The van der Waals surface area contributed by atoms with Crippen molar-refractivity contribution in [1.82, 2.24) is 9.97 Å². The largest absolute Gasteiger partial charge is 0.475 e. The average Bonchev–Trinajstić information content (AvgIpc) is 2.38. The van der Waals surface area contributed by atoms with E-state index in [0.29, 0.717) is 12.1 Å². The van der Waals surface area contributed by atoms with Crippen molar-refractivity contribution in [2.75, 3.05) is 11.5 Å². The second-order valence-electron chi connectivity index (χ2n) is 3.62. The van der Waals surface area contributed by atoms with Crippen molar-refractivity contribution in [3.63, 3.8) is 0 Å². The molecule has 0 radical (unpaired) electrons. The summed E-state index contributed by atoms with van der Waals surface area (Å²) in [6.07, 6.45) is 2.03. The monoisotopic (exact) mass is 242 g/mol. The summed E-state index contributed by atoms with van der Waals surface area (Å²) in [7, 11) is -3.04. The summed E-state index contributed by atoms with van der Waals surface area (Å²) in [6, 6.07) is 0. The van der Waals surface area contributed by atoms with Crippen LogP contribution >= 0.6 is 0 Å². The fourth-order valence-electron chi connectivity index (χ4n) is 1.59. The first kappa shape index (κ1) is 11.0. The molecule has 0 unspecified atom stereocenters. The summed E-state index contributed by atoms with van der Waals surface area (Å²) < 4.78 is 22.8. The fourth-order valence-corrected chi connectivity index (χ4v) is 2.83. The zero-order valence-electron chi connectivity index (χ0n) is 8.38. The molecule has 6 nitrogen and oxygen atoms in total. The van der Waals surface area contributed by atoms with Gasteiger partial charge in [0.05, 0.1) is 11.5 Å². The number of sulfone groups is 1. The van der Waals surface area contributed by atoms with Crippen molar-refractivity contribution in [3.8, 4) is 0 Å². The van der Waals surface area contributed by atoms with Gasteiger partial charge in [0.15, 0.2) is 9.84 Å². The van der Waals surface area contributed by atoms with Crippen molar-refractivity contribution in [1.29, 1.82) is 0 Å². The van der Waals surface area contributed by atoms with E-state index in [4.69, 9.17) is 5.11 Å². The van der Waals surface area contributed by atoms with E-state index in [1.54, 1.807) is 0 Å². The van der Waals surface area contributed by atoms with Gasteiger partial charge in [-0.15, -0.1) is 0 Å². The summed E-state index contributed by atoms with van der Waals surface area (Å²) in [6.45, 7) is 0. The van der Waals surface area contributed by atoms with Crippen LogP contribution < -0.4 is 0 Å². The van der Waals surface area contributed by atoms with Gasteiger partial charge in [-0.3, -0.25) is 0 Å². The van der Waals surface area contributed by atoms with Gasteiger partial charge in [0.1, 0.15) is 0 Å². The molecule has 16 heavy (non-hydrogen) atoms. The number of aromatic nitrogens is 2. The van der Waals surface area contributed by atoms with Crippen molar-refractivity contribution in [2.45, 2.75) is 12.8 Å². The van der Waals surface area contributed by atoms with Crippen LogP contribution in [-0.4, -0.2) is 41.0 Å². The molecule has 2 heterocycles. The van der Waals surface area contributed by atoms with Gasteiger partial charge in [-0.2, -0.15) is 0 Å². The second kappa shape index (κ2) is 3.82. The van der Waals surface area contributed by atoms with Crippen LogP contribution in [0.1, 0.15) is 21.9 Å². The molecule has 7 heteroatoms. The molecule has 2 rings (SSSR count). The molecule has 1 aromatic rings. The number of carboxylic acids is 1. The van der Waals surface area contributed by atoms with E-state index in [1.807, 2.05) is 0 Å². The first-order chi connectivity index (χ1) is 7.48. The lowest BCUT2D eigenvalue weighted by atomic mass is 10.1. The van der Waals surface area contributed by atoms with E-state index in [-0.39, 0.29) is 23.8 Å². The van der Waals surface area contributed by atoms with Crippen LogP contribution in [0, 0.1) is 0 Å². The maximum atomic E-state index is 11.4. The molecule has 0 amide bonds. The lowest BCUT2D eigenvalue weighted by Crippen LogP contribution is -2.11. The Balaban J connectivity index is 2.39. The highest BCUT2D eigenvalue weighted by molar-refractivity contribution is 7.91. The van der Waals surface area contributed by atoms with Crippen LogP contribution in [0.5, 0.6) is 0 Å². The summed E-state index contributed by atoms with van der Waals surface area (Å²) in [4.78, 5) is 18.2. The molecule has 0 spiro atoms. The Morgan fingerprint density at radius 1 is 1.31 bits per heavy atom. The third-order valence-electron chi connectivity index (χ3n) is 2.48. The highest BCUT2D eigenvalue weighted by Crippen LogP contribution is 2.14. The minimum absolute atomic E-state index is 0.0239. The first-order valence-electron chi connectivity index (χ1n) is 4.76. The number of aromatic carboxylic acids is 1. The van der Waals surface area contributed by atoms with Crippen LogP contribution in [0.4, 0.5) is 0 Å². The Morgan fingerprint density at radius 3 is 2.69 bits per heavy atom. The van der Waals surface area contributed by atoms with Crippen LogP contribution in [0.25, 0.3) is 0 Å². The summed E-state index contributed by atoms with van der Waals surface area (Å²) >= 11 is 0. The molecule has 86 valence electrons. The van der Waals surface area contributed by atoms with E-state index in [1.165, 1.54) is 6.20 Å². The van der Waals surface area contributed by atoms with Crippen LogP contribution in [0.2, 0.25) is 0 Å². The lowest BCUT2D eigenvalue weighted by Gasteiger charge is -2.02. The number of fused-ring (bicyclic) bond motifs is 1. The predicted octanol–water partition coefficient (Wildman–Crippen LogP) is -0.312. The maximum absolute atomic E-state index is 11.4. The van der Waals surface area contributed by atoms with Crippen LogP contribution in [-0.2, 0) is 22.7 Å². The SMILES string of the molecule is O=C(O)c1ncc2c(n1)CCS(=O)(=O)CC2. The minimum Gasteiger partial charge on any atom is -0.475 e. The number of nitrogens with zero attached hydrogens (tertiary/aromatic N) is 2. The number of rotatable bonds is 1. The van der Waals surface area contributed by atoms with Crippen molar-refractivity contribution in [2.24, 2.45) is 0 Å². The molecule has 0 saturated carbocycles. The van der Waals surface area contributed by atoms with E-state index in [9.17, 15) is 13.2 Å². The van der Waals surface area contributed by atoms with Gasteiger partial charge >= 0.3 is 5.97 Å². The molecule has 0 atom stereocenters. The Labute approximate surface area is 92.3 Å². The lowest BCUT2D eigenvalue weighted by molar-refractivity contribution is 0.0683. The highest BCUT2D eigenvalue weighted by atomic mass is 32.2. The van der Waals surface area contributed by atoms with Gasteiger partial charge in [-0.25, -0.2) is 23.2 Å². The summed E-state index contributed by atoms with van der Waals surface area (Å²) in [5.74, 6) is -1.38. The van der Waals surface area contributed by atoms with Gasteiger partial charge in [0.2, 0.25) is 5.82 Å². The molecule has 0 saturated heterocycles.